The largest absolute Gasteiger partial charge is 0.351 e. The van der Waals surface area contributed by atoms with Crippen LogP contribution in [0.1, 0.15) is 15.9 Å². The quantitative estimate of drug-likeness (QED) is 0.852. The van der Waals surface area contributed by atoms with Gasteiger partial charge in [-0.2, -0.15) is 0 Å². The number of benzene rings is 1. The van der Waals surface area contributed by atoms with E-state index in [4.69, 9.17) is 5.73 Å². The Kier molecular flexibility index (Phi) is 5.92. The van der Waals surface area contributed by atoms with Gasteiger partial charge in [0.15, 0.2) is 0 Å². The molecule has 3 N–H and O–H groups in total. The summed E-state index contributed by atoms with van der Waals surface area (Å²) in [6.07, 6.45) is 0. The van der Waals surface area contributed by atoms with Gasteiger partial charge in [0.2, 0.25) is 0 Å². The van der Waals surface area contributed by atoms with Crippen molar-refractivity contribution >= 4 is 18.3 Å². The number of halogens is 3. The number of nitrogens with one attached hydrogen (secondary N) is 1. The molecule has 0 heterocycles. The van der Waals surface area contributed by atoms with Crippen molar-refractivity contribution in [2.75, 3.05) is 13.1 Å². The standard InChI is InChI=1S/C10H12F2N2O.ClH/c1-6-4-7(9(12)5-8(6)11)10(15)14-3-2-13;/h4-5H,2-3,13H2,1H3,(H,14,15);1H. The first-order valence-corrected chi connectivity index (χ1v) is 4.50. The molecule has 90 valence electrons. The normalized spacial score (nSPS) is 9.50. The lowest BCUT2D eigenvalue weighted by molar-refractivity contribution is 0.0950. The van der Waals surface area contributed by atoms with Crippen LogP contribution < -0.4 is 11.1 Å². The minimum Gasteiger partial charge on any atom is -0.351 e. The topological polar surface area (TPSA) is 55.1 Å². The van der Waals surface area contributed by atoms with Gasteiger partial charge in [0.05, 0.1) is 5.56 Å². The molecule has 0 aliphatic heterocycles. The van der Waals surface area contributed by atoms with E-state index in [9.17, 15) is 13.6 Å². The maximum absolute atomic E-state index is 13.2. The molecule has 1 aromatic rings. The SMILES string of the molecule is Cc1cc(C(=O)NCCN)c(F)cc1F.Cl. The van der Waals surface area contributed by atoms with Crippen LogP contribution in [0.25, 0.3) is 0 Å². The van der Waals surface area contributed by atoms with Crippen molar-refractivity contribution in [3.05, 3.63) is 34.9 Å². The maximum atomic E-state index is 13.2. The molecular formula is C10H13ClF2N2O. The number of nitrogens with two attached hydrogens (primary N) is 1. The zero-order chi connectivity index (χ0) is 11.4. The summed E-state index contributed by atoms with van der Waals surface area (Å²) in [5.74, 6) is -2.11. The lowest BCUT2D eigenvalue weighted by atomic mass is 10.1. The van der Waals surface area contributed by atoms with Crippen LogP contribution in [-0.4, -0.2) is 19.0 Å². The number of carbonyl (C=O) groups is 1. The Balaban J connectivity index is 0.00000225. The van der Waals surface area contributed by atoms with Gasteiger partial charge in [-0.15, -0.1) is 12.4 Å². The van der Waals surface area contributed by atoms with Crippen molar-refractivity contribution in [3.63, 3.8) is 0 Å². The van der Waals surface area contributed by atoms with Crippen molar-refractivity contribution in [1.29, 1.82) is 0 Å². The van der Waals surface area contributed by atoms with Crippen LogP contribution in [0.4, 0.5) is 8.78 Å². The van der Waals surface area contributed by atoms with Gasteiger partial charge in [-0.05, 0) is 18.6 Å². The molecule has 0 spiro atoms. The highest BCUT2D eigenvalue weighted by Crippen LogP contribution is 2.13. The van der Waals surface area contributed by atoms with Crippen molar-refractivity contribution < 1.29 is 13.6 Å². The molecule has 0 radical (unpaired) electrons. The van der Waals surface area contributed by atoms with E-state index < -0.39 is 17.5 Å². The minimum absolute atomic E-state index is 0. The summed E-state index contributed by atoms with van der Waals surface area (Å²) in [7, 11) is 0. The van der Waals surface area contributed by atoms with E-state index >= 15 is 0 Å². The second-order valence-corrected chi connectivity index (χ2v) is 3.13. The smallest absolute Gasteiger partial charge is 0.254 e. The molecule has 0 unspecified atom stereocenters. The summed E-state index contributed by atoms with van der Waals surface area (Å²) < 4.78 is 26.1. The average Bonchev–Trinajstić information content (AvgIpc) is 2.20. The van der Waals surface area contributed by atoms with Crippen molar-refractivity contribution in [1.82, 2.24) is 5.32 Å². The van der Waals surface area contributed by atoms with Crippen molar-refractivity contribution in [2.24, 2.45) is 5.73 Å². The second kappa shape index (κ2) is 6.40. The highest BCUT2D eigenvalue weighted by atomic mass is 35.5. The minimum atomic E-state index is -0.868. The summed E-state index contributed by atoms with van der Waals surface area (Å²) in [5.41, 5.74) is 5.24. The van der Waals surface area contributed by atoms with Gasteiger partial charge < -0.3 is 11.1 Å². The molecule has 0 aliphatic rings. The Morgan fingerprint density at radius 1 is 1.38 bits per heavy atom. The molecule has 3 nitrogen and oxygen atoms in total. The van der Waals surface area contributed by atoms with Gasteiger partial charge in [-0.1, -0.05) is 0 Å². The van der Waals surface area contributed by atoms with Gasteiger partial charge in [-0.3, -0.25) is 4.79 Å². The monoisotopic (exact) mass is 250 g/mol. The summed E-state index contributed by atoms with van der Waals surface area (Å²) in [6, 6.07) is 1.88. The van der Waals surface area contributed by atoms with Crippen LogP contribution >= 0.6 is 12.4 Å². The fourth-order valence-electron chi connectivity index (χ4n) is 1.11. The first-order chi connectivity index (χ1) is 7.06. The van der Waals surface area contributed by atoms with Crippen molar-refractivity contribution in [2.45, 2.75) is 6.92 Å². The van der Waals surface area contributed by atoms with Gasteiger partial charge >= 0.3 is 0 Å². The molecule has 0 fully saturated rings. The van der Waals surface area contributed by atoms with Crippen LogP contribution in [0.15, 0.2) is 12.1 Å². The van der Waals surface area contributed by atoms with E-state index in [1.54, 1.807) is 0 Å². The molecule has 6 heteroatoms. The molecule has 16 heavy (non-hydrogen) atoms. The highest BCUT2D eigenvalue weighted by Gasteiger charge is 2.13. The Morgan fingerprint density at radius 3 is 2.56 bits per heavy atom. The van der Waals surface area contributed by atoms with Crippen LogP contribution in [0.3, 0.4) is 0 Å². The Bertz CT molecular complexity index is 385. The Morgan fingerprint density at radius 2 is 2.00 bits per heavy atom. The van der Waals surface area contributed by atoms with E-state index in [0.29, 0.717) is 6.07 Å². The van der Waals surface area contributed by atoms with Crippen LogP contribution in [0, 0.1) is 18.6 Å². The zero-order valence-electron chi connectivity index (χ0n) is 8.72. The third-order valence-electron chi connectivity index (χ3n) is 1.92. The van der Waals surface area contributed by atoms with Gasteiger partial charge in [0, 0.05) is 19.2 Å². The Hall–Kier alpha value is -1.20. The molecule has 0 atom stereocenters. The molecule has 1 rings (SSSR count). The Labute approximate surface area is 98.4 Å². The summed E-state index contributed by atoms with van der Waals surface area (Å²) in [6.45, 7) is 2.00. The van der Waals surface area contributed by atoms with Crippen LogP contribution in [0.5, 0.6) is 0 Å². The van der Waals surface area contributed by atoms with E-state index in [1.807, 2.05) is 0 Å². The maximum Gasteiger partial charge on any atom is 0.254 e. The molecule has 1 amide bonds. The number of amides is 1. The lowest BCUT2D eigenvalue weighted by Gasteiger charge is -2.06. The highest BCUT2D eigenvalue weighted by molar-refractivity contribution is 5.94. The number of aryl methyl sites for hydroxylation is 1. The van der Waals surface area contributed by atoms with Crippen LogP contribution in [0.2, 0.25) is 0 Å². The van der Waals surface area contributed by atoms with Gasteiger partial charge in [0.25, 0.3) is 5.91 Å². The number of hydrogen-bond donors (Lipinski definition) is 2. The van der Waals surface area contributed by atoms with Crippen molar-refractivity contribution in [3.8, 4) is 0 Å². The predicted molar refractivity (Wildman–Crippen MR) is 59.7 cm³/mol. The van der Waals surface area contributed by atoms with E-state index in [0.717, 1.165) is 0 Å². The summed E-state index contributed by atoms with van der Waals surface area (Å²) in [4.78, 5) is 11.4. The molecule has 1 aromatic carbocycles. The lowest BCUT2D eigenvalue weighted by Crippen LogP contribution is -2.29. The van der Waals surface area contributed by atoms with E-state index in [-0.39, 0.29) is 36.6 Å². The molecule has 0 saturated heterocycles. The molecule has 0 saturated carbocycles. The molecule has 0 bridgehead atoms. The number of hydrogen-bond acceptors (Lipinski definition) is 2. The van der Waals surface area contributed by atoms with Gasteiger partial charge in [0.1, 0.15) is 11.6 Å². The number of carbonyl (C=O) groups excluding carboxylic acids is 1. The first-order valence-electron chi connectivity index (χ1n) is 4.50. The van der Waals surface area contributed by atoms with Crippen LogP contribution in [-0.2, 0) is 0 Å². The third kappa shape index (κ3) is 3.43. The molecule has 0 aromatic heterocycles. The predicted octanol–water partition coefficient (Wildman–Crippen LogP) is 1.38. The first kappa shape index (κ1) is 14.8. The summed E-state index contributed by atoms with van der Waals surface area (Å²) in [5, 5.41) is 2.41. The fourth-order valence-corrected chi connectivity index (χ4v) is 1.11. The molecule has 0 aliphatic carbocycles. The fraction of sp³-hybridized carbons (Fsp3) is 0.300. The second-order valence-electron chi connectivity index (χ2n) is 3.13. The average molecular weight is 251 g/mol. The number of rotatable bonds is 3. The third-order valence-corrected chi connectivity index (χ3v) is 1.92. The van der Waals surface area contributed by atoms with Gasteiger partial charge in [-0.25, -0.2) is 8.78 Å². The molecular weight excluding hydrogens is 238 g/mol. The van der Waals surface area contributed by atoms with E-state index in [1.165, 1.54) is 13.0 Å². The van der Waals surface area contributed by atoms with E-state index in [2.05, 4.69) is 5.32 Å². The summed E-state index contributed by atoms with van der Waals surface area (Å²) >= 11 is 0. The zero-order valence-corrected chi connectivity index (χ0v) is 9.54.